The predicted octanol–water partition coefficient (Wildman–Crippen LogP) is 4.29. The molecule has 6 aromatic rings. The summed E-state index contributed by atoms with van der Waals surface area (Å²) < 4.78 is 53.7. The van der Waals surface area contributed by atoms with E-state index in [1.165, 1.54) is 28.9 Å². The molecule has 0 saturated carbocycles. The number of hydrogen-bond donors (Lipinski definition) is 2. The van der Waals surface area contributed by atoms with E-state index >= 15 is 13.6 Å². The molecular weight excluding hydrogens is 790 g/mol. The largest absolute Gasteiger partial charge is 0.396 e. The van der Waals surface area contributed by atoms with Crippen LogP contribution in [0.2, 0.25) is 0 Å². The number of rotatable bonds is 7. The number of fused-ring (bicyclic) bond motifs is 8. The molecule has 0 radical (unpaired) electrons. The Morgan fingerprint density at radius 3 is 2.57 bits per heavy atom. The van der Waals surface area contributed by atoms with Crippen LogP contribution in [-0.2, 0) is 16.1 Å². The Labute approximate surface area is 348 Å². The van der Waals surface area contributed by atoms with Gasteiger partial charge >= 0.3 is 0 Å². The van der Waals surface area contributed by atoms with E-state index in [2.05, 4.69) is 24.8 Å². The number of aliphatic hydroxyl groups excluding tert-OH is 1. The Bertz CT molecular complexity index is 2690. The van der Waals surface area contributed by atoms with Gasteiger partial charge in [0, 0.05) is 81.7 Å². The van der Waals surface area contributed by atoms with Crippen LogP contribution in [-0.4, -0.2) is 138 Å². The summed E-state index contributed by atoms with van der Waals surface area (Å²) in [6.45, 7) is 6.39. The SMILES string of the molecule is Cc1nc2cc(F)cc3c2n1CCCN(CCCO)C(=O)C1CC(CN1c1nc(N2CC4CC2CN4C2COC2)nc2c1cnn2-c1ccc(F)cc1F)Nc1cccc-3n1. The molecule has 5 aliphatic rings. The normalized spacial score (nSPS) is 23.2. The molecule has 4 aromatic heterocycles. The number of aryl methyl sites for hydroxylation is 2. The fourth-order valence-electron chi connectivity index (χ4n) is 10.2. The van der Waals surface area contributed by atoms with Crippen LogP contribution in [0.15, 0.2) is 54.7 Å². The summed E-state index contributed by atoms with van der Waals surface area (Å²) in [5.74, 6) is 0.193. The molecule has 61 heavy (non-hydrogen) atoms. The van der Waals surface area contributed by atoms with Crippen molar-refractivity contribution in [1.29, 1.82) is 0 Å². The fourth-order valence-corrected chi connectivity index (χ4v) is 10.2. The van der Waals surface area contributed by atoms with Crippen LogP contribution in [0.4, 0.5) is 30.8 Å². The Hall–Kier alpha value is -5.85. The van der Waals surface area contributed by atoms with Crippen molar-refractivity contribution in [3.05, 3.63) is 78.0 Å². The average molecular weight is 835 g/mol. The standard InChI is InChI=1S/C43H45F3N12O3/c1-24-48-35-15-26(45)13-31-34-5-2-6-38(50-34)49-27-16-37(42(60)53(10-4-12-59)9-3-11-54(24)39(31)35)57(19-27)40-32-18-47-58(36-8-7-25(44)14-33(36)46)41(32)52-43(51-40)56-21-28-17-29(56)20-55(28)30-22-61-23-30/h2,5-8,13-15,18,27-30,37,59H,3-4,9-12,16-17,19-23H2,1H3,(H,49,50). The first-order valence-electron chi connectivity index (χ1n) is 21.1. The van der Waals surface area contributed by atoms with Gasteiger partial charge in [-0.1, -0.05) is 6.07 Å². The summed E-state index contributed by atoms with van der Waals surface area (Å²) in [4.78, 5) is 43.7. The summed E-state index contributed by atoms with van der Waals surface area (Å²) in [6, 6.07) is 11.7. The van der Waals surface area contributed by atoms with Crippen LogP contribution in [0, 0.1) is 24.4 Å². The number of piperazine rings is 1. The van der Waals surface area contributed by atoms with Gasteiger partial charge in [-0.15, -0.1) is 0 Å². The number of likely N-dealkylation sites (tertiary alicyclic amines) is 1. The van der Waals surface area contributed by atoms with Crippen molar-refractivity contribution >= 4 is 45.6 Å². The Balaban J connectivity index is 1.02. The minimum atomic E-state index is -0.789. The number of benzene rings is 2. The molecule has 9 heterocycles. The van der Waals surface area contributed by atoms with Gasteiger partial charge in [-0.05, 0) is 62.9 Å². The summed E-state index contributed by atoms with van der Waals surface area (Å²) >= 11 is 0. The van der Waals surface area contributed by atoms with E-state index in [4.69, 9.17) is 24.7 Å². The molecule has 4 fully saturated rings. The van der Waals surface area contributed by atoms with Crippen LogP contribution in [0.5, 0.6) is 0 Å². The summed E-state index contributed by atoms with van der Waals surface area (Å²) in [5, 5.41) is 18.7. The molecule has 0 spiro atoms. The molecule has 4 unspecified atom stereocenters. The number of amides is 1. The lowest BCUT2D eigenvalue weighted by atomic mass is 10.1. The summed E-state index contributed by atoms with van der Waals surface area (Å²) in [5.41, 5.74) is 2.89. The minimum Gasteiger partial charge on any atom is -0.396 e. The van der Waals surface area contributed by atoms with E-state index in [-0.39, 0.29) is 30.3 Å². The van der Waals surface area contributed by atoms with E-state index in [1.54, 1.807) is 6.20 Å². The smallest absolute Gasteiger partial charge is 0.245 e. The van der Waals surface area contributed by atoms with Crippen LogP contribution in [0.3, 0.4) is 0 Å². The highest BCUT2D eigenvalue weighted by Crippen LogP contribution is 2.40. The number of aliphatic hydroxyl groups is 1. The fraction of sp³-hybridized carbons (Fsp3) is 0.442. The van der Waals surface area contributed by atoms with Crippen LogP contribution < -0.4 is 15.1 Å². The molecule has 316 valence electrons. The van der Waals surface area contributed by atoms with Crippen molar-refractivity contribution in [1.82, 2.24) is 44.1 Å². The zero-order chi connectivity index (χ0) is 41.5. The second kappa shape index (κ2) is 15.0. The summed E-state index contributed by atoms with van der Waals surface area (Å²) in [6.07, 6.45) is 3.89. The van der Waals surface area contributed by atoms with Gasteiger partial charge < -0.3 is 34.4 Å². The topological polar surface area (TPSA) is 146 Å². The van der Waals surface area contributed by atoms with Gasteiger partial charge in [0.05, 0.1) is 47.6 Å². The molecule has 2 aromatic carbocycles. The van der Waals surface area contributed by atoms with Gasteiger partial charge in [-0.25, -0.2) is 27.8 Å². The van der Waals surface area contributed by atoms with E-state index in [9.17, 15) is 9.50 Å². The second-order valence-corrected chi connectivity index (χ2v) is 16.9. The Morgan fingerprint density at radius 1 is 0.902 bits per heavy atom. The van der Waals surface area contributed by atoms with Crippen molar-refractivity contribution in [3.63, 3.8) is 0 Å². The number of anilines is 3. The van der Waals surface area contributed by atoms with E-state index in [0.29, 0.717) is 109 Å². The number of carbonyl (C=O) groups is 1. The molecule has 0 aliphatic carbocycles. The van der Waals surface area contributed by atoms with E-state index < -0.39 is 23.5 Å². The molecule has 4 atom stereocenters. The quantitative estimate of drug-likeness (QED) is 0.237. The number of nitrogens with one attached hydrogen (secondary N) is 1. The van der Waals surface area contributed by atoms with Crippen molar-refractivity contribution in [2.24, 2.45) is 0 Å². The van der Waals surface area contributed by atoms with Crippen LogP contribution >= 0.6 is 0 Å². The number of ether oxygens (including phenoxy) is 1. The number of pyridine rings is 1. The maximum atomic E-state index is 15.5. The monoisotopic (exact) mass is 834 g/mol. The molecule has 1 amide bonds. The highest BCUT2D eigenvalue weighted by atomic mass is 19.1. The Kier molecular flexibility index (Phi) is 9.34. The first-order valence-corrected chi connectivity index (χ1v) is 21.1. The number of carbonyl (C=O) groups excluding carboxylic acids is 1. The van der Waals surface area contributed by atoms with Gasteiger partial charge in [-0.2, -0.15) is 15.1 Å². The zero-order valence-electron chi connectivity index (χ0n) is 33.6. The molecule has 15 nitrogen and oxygen atoms in total. The highest BCUT2D eigenvalue weighted by molar-refractivity contribution is 5.94. The highest BCUT2D eigenvalue weighted by Gasteiger charge is 2.49. The van der Waals surface area contributed by atoms with Gasteiger partial charge in [0.15, 0.2) is 11.5 Å². The predicted molar refractivity (Wildman–Crippen MR) is 221 cm³/mol. The van der Waals surface area contributed by atoms with E-state index in [1.807, 2.05) is 34.9 Å². The number of hydrogen-bond acceptors (Lipinski definition) is 12. The third-order valence-electron chi connectivity index (χ3n) is 13.1. The molecule has 18 heteroatoms. The van der Waals surface area contributed by atoms with E-state index in [0.717, 1.165) is 43.6 Å². The van der Waals surface area contributed by atoms with Crippen LogP contribution in [0.1, 0.15) is 31.5 Å². The van der Waals surface area contributed by atoms with Gasteiger partial charge in [-0.3, -0.25) is 9.69 Å². The lowest BCUT2D eigenvalue weighted by Crippen LogP contribution is -2.57. The second-order valence-electron chi connectivity index (χ2n) is 16.9. The maximum Gasteiger partial charge on any atom is 0.245 e. The number of aromatic nitrogens is 7. The Morgan fingerprint density at radius 2 is 1.79 bits per heavy atom. The molecular formula is C43H45F3N12O3. The molecule has 6 bridgehead atoms. The zero-order valence-corrected chi connectivity index (χ0v) is 33.6. The van der Waals surface area contributed by atoms with Crippen molar-refractivity contribution in [2.75, 3.05) is 67.7 Å². The van der Waals surface area contributed by atoms with Crippen molar-refractivity contribution < 1.29 is 27.8 Å². The molecule has 2 N–H and O–H groups in total. The minimum absolute atomic E-state index is 0.0362. The first-order chi connectivity index (χ1) is 29.7. The molecule has 4 saturated heterocycles. The lowest BCUT2D eigenvalue weighted by Gasteiger charge is -2.42. The third-order valence-corrected chi connectivity index (χ3v) is 13.1. The van der Waals surface area contributed by atoms with Crippen molar-refractivity contribution in [3.8, 4) is 16.9 Å². The first kappa shape index (κ1) is 38.1. The molecule has 5 aliphatic heterocycles. The maximum absolute atomic E-state index is 15.5. The number of halogens is 3. The van der Waals surface area contributed by atoms with Gasteiger partial charge in [0.2, 0.25) is 11.9 Å². The lowest BCUT2D eigenvalue weighted by molar-refractivity contribution is -0.132. The van der Waals surface area contributed by atoms with Crippen molar-refractivity contribution in [2.45, 2.75) is 69.4 Å². The number of nitrogens with zero attached hydrogens (tertiary/aromatic N) is 11. The molecule has 11 rings (SSSR count). The third kappa shape index (κ3) is 6.53. The number of imidazole rings is 1. The van der Waals surface area contributed by atoms with Gasteiger partial charge in [0.1, 0.15) is 40.8 Å². The summed E-state index contributed by atoms with van der Waals surface area (Å²) in [7, 11) is 0. The van der Waals surface area contributed by atoms with Crippen LogP contribution in [0.25, 0.3) is 39.0 Å². The average Bonchev–Trinajstić information content (AvgIpc) is 4.07. The van der Waals surface area contributed by atoms with Gasteiger partial charge in [0.25, 0.3) is 0 Å².